The van der Waals surface area contributed by atoms with Gasteiger partial charge in [-0.1, -0.05) is 29.4 Å². The van der Waals surface area contributed by atoms with Crippen molar-refractivity contribution in [2.75, 3.05) is 19.6 Å². The van der Waals surface area contributed by atoms with Gasteiger partial charge in [0.1, 0.15) is 17.3 Å². The Hall–Kier alpha value is -3.37. The number of rotatable bonds is 5. The number of hydrogen-bond acceptors (Lipinski definition) is 5. The van der Waals surface area contributed by atoms with E-state index in [-0.39, 0.29) is 46.8 Å². The molecule has 10 heteroatoms. The SMILES string of the molecule is Cc1noc(C=Cc2ccc(F)cc2F)c1S(=O)(=O)N1CCC(C(=O)N2CCc3ccccc3C2)CC1. The molecule has 0 spiro atoms. The van der Waals surface area contributed by atoms with Gasteiger partial charge >= 0.3 is 0 Å². The molecule has 3 heterocycles. The van der Waals surface area contributed by atoms with Crippen LogP contribution in [0.3, 0.4) is 0 Å². The van der Waals surface area contributed by atoms with Crippen LogP contribution in [0.5, 0.6) is 0 Å². The molecule has 0 radical (unpaired) electrons. The van der Waals surface area contributed by atoms with Gasteiger partial charge < -0.3 is 9.42 Å². The van der Waals surface area contributed by atoms with Crippen LogP contribution in [-0.4, -0.2) is 48.3 Å². The molecule has 3 aromatic rings. The highest BCUT2D eigenvalue weighted by molar-refractivity contribution is 7.89. The summed E-state index contributed by atoms with van der Waals surface area (Å²) < 4.78 is 60.8. The predicted octanol–water partition coefficient (Wildman–Crippen LogP) is 4.42. The third kappa shape index (κ3) is 5.08. The Morgan fingerprint density at radius 2 is 1.78 bits per heavy atom. The first-order valence-corrected chi connectivity index (χ1v) is 13.6. The van der Waals surface area contributed by atoms with E-state index in [1.54, 1.807) is 0 Å². The number of benzene rings is 2. The fraction of sp³-hybridized carbons (Fsp3) is 0.333. The number of hydrogen-bond donors (Lipinski definition) is 0. The molecular weight excluding hydrogens is 500 g/mol. The van der Waals surface area contributed by atoms with Gasteiger partial charge in [0, 0.05) is 43.7 Å². The molecule has 0 bridgehead atoms. The third-order valence-corrected chi connectivity index (χ3v) is 9.11. The Bertz CT molecular complexity index is 1460. The first-order chi connectivity index (χ1) is 17.7. The zero-order chi connectivity index (χ0) is 26.2. The standard InChI is InChI=1S/C27H27F2N3O4S/c1-18-26(25(36-30-18)9-7-20-6-8-23(28)16-24(20)29)37(34,35)32-14-11-21(12-15-32)27(33)31-13-10-19-4-2-3-5-22(19)17-31/h2-9,16,21H,10-15,17H2,1H3. The molecule has 2 aromatic carbocycles. The zero-order valence-corrected chi connectivity index (χ0v) is 21.2. The molecule has 37 heavy (non-hydrogen) atoms. The van der Waals surface area contributed by atoms with Gasteiger partial charge in [-0.2, -0.15) is 4.31 Å². The Kier molecular flexibility index (Phi) is 6.96. The summed E-state index contributed by atoms with van der Waals surface area (Å²) in [4.78, 5) is 15.0. The van der Waals surface area contributed by atoms with Gasteiger partial charge in [-0.05, 0) is 61.6 Å². The molecule has 0 atom stereocenters. The molecule has 0 aliphatic carbocycles. The van der Waals surface area contributed by atoms with Crippen LogP contribution in [0.1, 0.15) is 41.0 Å². The summed E-state index contributed by atoms with van der Waals surface area (Å²) in [6.45, 7) is 3.17. The van der Waals surface area contributed by atoms with Crippen LogP contribution in [-0.2, 0) is 27.8 Å². The number of aromatic nitrogens is 1. The highest BCUT2D eigenvalue weighted by atomic mass is 32.2. The van der Waals surface area contributed by atoms with Crippen LogP contribution in [0.4, 0.5) is 8.78 Å². The van der Waals surface area contributed by atoms with Crippen LogP contribution in [0.2, 0.25) is 0 Å². The van der Waals surface area contributed by atoms with Crippen molar-refractivity contribution in [2.24, 2.45) is 5.92 Å². The van der Waals surface area contributed by atoms with Gasteiger partial charge in [0.25, 0.3) is 0 Å². The van der Waals surface area contributed by atoms with Gasteiger partial charge in [-0.3, -0.25) is 4.79 Å². The van der Waals surface area contributed by atoms with Gasteiger partial charge in [-0.15, -0.1) is 0 Å². The van der Waals surface area contributed by atoms with Gasteiger partial charge in [0.15, 0.2) is 10.7 Å². The molecule has 1 saturated heterocycles. The van der Waals surface area contributed by atoms with E-state index in [2.05, 4.69) is 11.2 Å². The lowest BCUT2D eigenvalue weighted by Crippen LogP contribution is -2.45. The lowest BCUT2D eigenvalue weighted by atomic mass is 9.94. The quantitative estimate of drug-likeness (QED) is 0.491. The molecule has 1 fully saturated rings. The first kappa shape index (κ1) is 25.3. The molecule has 0 unspecified atom stereocenters. The van der Waals surface area contributed by atoms with Crippen molar-refractivity contribution >= 4 is 28.1 Å². The van der Waals surface area contributed by atoms with E-state index in [0.29, 0.717) is 25.9 Å². The average molecular weight is 528 g/mol. The lowest BCUT2D eigenvalue weighted by Gasteiger charge is -2.35. The minimum absolute atomic E-state index is 0.0357. The maximum atomic E-state index is 14.0. The summed E-state index contributed by atoms with van der Waals surface area (Å²) >= 11 is 0. The van der Waals surface area contributed by atoms with E-state index in [1.165, 1.54) is 35.0 Å². The van der Waals surface area contributed by atoms with Crippen molar-refractivity contribution in [3.63, 3.8) is 0 Å². The van der Waals surface area contributed by atoms with Crippen molar-refractivity contribution in [2.45, 2.75) is 37.6 Å². The van der Waals surface area contributed by atoms with Crippen LogP contribution in [0, 0.1) is 24.5 Å². The molecule has 1 aromatic heterocycles. The van der Waals surface area contributed by atoms with Crippen molar-refractivity contribution in [1.29, 1.82) is 0 Å². The predicted molar refractivity (Wildman–Crippen MR) is 134 cm³/mol. The number of sulfonamides is 1. The smallest absolute Gasteiger partial charge is 0.248 e. The van der Waals surface area contributed by atoms with Crippen LogP contribution in [0.15, 0.2) is 51.9 Å². The Morgan fingerprint density at radius 3 is 2.51 bits per heavy atom. The second-order valence-corrected chi connectivity index (χ2v) is 11.3. The topological polar surface area (TPSA) is 83.7 Å². The first-order valence-electron chi connectivity index (χ1n) is 12.2. The Morgan fingerprint density at radius 1 is 1.05 bits per heavy atom. The van der Waals surface area contributed by atoms with E-state index < -0.39 is 21.7 Å². The van der Waals surface area contributed by atoms with Crippen molar-refractivity contribution in [3.8, 4) is 0 Å². The van der Waals surface area contributed by atoms with Gasteiger partial charge in [0.2, 0.25) is 15.9 Å². The summed E-state index contributed by atoms with van der Waals surface area (Å²) in [6, 6.07) is 11.2. The number of piperidine rings is 1. The number of amides is 1. The molecule has 1 amide bonds. The number of carbonyl (C=O) groups excluding carboxylic acids is 1. The Labute approximate surface area is 214 Å². The van der Waals surface area contributed by atoms with E-state index in [1.807, 2.05) is 23.1 Å². The molecule has 0 N–H and O–H groups in total. The minimum Gasteiger partial charge on any atom is -0.355 e. The van der Waals surface area contributed by atoms with Gasteiger partial charge in [0.05, 0.1) is 0 Å². The number of fused-ring (bicyclic) bond motifs is 1. The fourth-order valence-electron chi connectivity index (χ4n) is 5.02. The summed E-state index contributed by atoms with van der Waals surface area (Å²) in [7, 11) is -3.97. The minimum atomic E-state index is -3.97. The van der Waals surface area contributed by atoms with E-state index >= 15 is 0 Å². The largest absolute Gasteiger partial charge is 0.355 e. The van der Waals surface area contributed by atoms with E-state index in [9.17, 15) is 22.0 Å². The molecule has 0 saturated carbocycles. The van der Waals surface area contributed by atoms with Crippen LogP contribution >= 0.6 is 0 Å². The highest BCUT2D eigenvalue weighted by Gasteiger charge is 2.37. The van der Waals surface area contributed by atoms with E-state index in [4.69, 9.17) is 4.52 Å². The summed E-state index contributed by atoms with van der Waals surface area (Å²) in [5.74, 6) is -1.69. The molecule has 194 valence electrons. The summed E-state index contributed by atoms with van der Waals surface area (Å²) in [6.07, 6.45) is 4.29. The maximum Gasteiger partial charge on any atom is 0.248 e. The highest BCUT2D eigenvalue weighted by Crippen LogP contribution is 2.31. The van der Waals surface area contributed by atoms with Gasteiger partial charge in [-0.25, -0.2) is 17.2 Å². The van der Waals surface area contributed by atoms with E-state index in [0.717, 1.165) is 24.1 Å². The van der Waals surface area contributed by atoms with Crippen LogP contribution < -0.4 is 0 Å². The number of carbonyl (C=O) groups is 1. The third-order valence-electron chi connectivity index (χ3n) is 7.05. The molecule has 7 nitrogen and oxygen atoms in total. The number of aryl methyl sites for hydroxylation is 1. The number of nitrogens with zero attached hydrogens (tertiary/aromatic N) is 3. The normalized spacial score (nSPS) is 17.3. The molecular formula is C27H27F2N3O4S. The van der Waals surface area contributed by atoms with Crippen molar-refractivity contribution in [1.82, 2.24) is 14.4 Å². The lowest BCUT2D eigenvalue weighted by molar-refractivity contribution is -0.137. The summed E-state index contributed by atoms with van der Waals surface area (Å²) in [5, 5.41) is 3.80. The fourth-order valence-corrected chi connectivity index (χ4v) is 6.73. The maximum absolute atomic E-state index is 14.0. The molecule has 5 rings (SSSR count). The number of halogens is 2. The zero-order valence-electron chi connectivity index (χ0n) is 20.4. The Balaban J connectivity index is 1.27. The van der Waals surface area contributed by atoms with Crippen molar-refractivity contribution < 1.29 is 26.5 Å². The van der Waals surface area contributed by atoms with Crippen LogP contribution in [0.25, 0.3) is 12.2 Å². The second-order valence-electron chi connectivity index (χ2n) is 9.42. The average Bonchev–Trinajstić information content (AvgIpc) is 3.28. The summed E-state index contributed by atoms with van der Waals surface area (Å²) in [5.41, 5.74) is 2.69. The molecule has 2 aliphatic heterocycles. The second kappa shape index (κ2) is 10.2. The molecule has 2 aliphatic rings. The van der Waals surface area contributed by atoms with Crippen molar-refractivity contribution in [3.05, 3.63) is 82.2 Å². The monoisotopic (exact) mass is 527 g/mol.